The molecule has 1 nitrogen and oxygen atoms in total. The van der Waals surface area contributed by atoms with Crippen molar-refractivity contribution in [3.05, 3.63) is 29.8 Å². The first-order chi connectivity index (χ1) is 8.86. The summed E-state index contributed by atoms with van der Waals surface area (Å²) in [6, 6.07) is 3.26. The zero-order chi connectivity index (χ0) is 15.8. The Labute approximate surface area is 130 Å². The summed E-state index contributed by atoms with van der Waals surface area (Å²) in [5.41, 5.74) is 5.00. The van der Waals surface area contributed by atoms with Crippen LogP contribution in [0.4, 0.5) is 22.0 Å². The molecular weight excluding hydrogens is 333 g/mol. The second-order valence-corrected chi connectivity index (χ2v) is 7.22. The fraction of sp³-hybridized carbons (Fsp3) is 0.538. The number of thioether (sulfide) groups is 1. The van der Waals surface area contributed by atoms with E-state index in [2.05, 4.69) is 0 Å². The molecule has 0 saturated carbocycles. The number of rotatable bonds is 3. The quantitative estimate of drug-likeness (QED) is 0.600. The van der Waals surface area contributed by atoms with Gasteiger partial charge in [0.1, 0.15) is 6.04 Å². The molecule has 1 aromatic rings. The van der Waals surface area contributed by atoms with Gasteiger partial charge < -0.3 is 5.73 Å². The van der Waals surface area contributed by atoms with Gasteiger partial charge in [0.25, 0.3) is 0 Å². The highest BCUT2D eigenvalue weighted by atomic mass is 35.5. The summed E-state index contributed by atoms with van der Waals surface area (Å²) in [6.45, 7) is 5.51. The molecule has 0 fully saturated rings. The number of benzene rings is 1. The smallest absolute Gasteiger partial charge is 0.319 e. The van der Waals surface area contributed by atoms with E-state index >= 15 is 0 Å². The van der Waals surface area contributed by atoms with Crippen molar-refractivity contribution in [3.8, 4) is 0 Å². The number of halogens is 6. The molecule has 0 bridgehead atoms. The Hall–Kier alpha value is -0.530. The third-order valence-electron chi connectivity index (χ3n) is 2.44. The summed E-state index contributed by atoms with van der Waals surface area (Å²) in [6.07, 6.45) is -5.67. The van der Waals surface area contributed by atoms with Crippen LogP contribution in [0.1, 0.15) is 32.4 Å². The van der Waals surface area contributed by atoms with Crippen molar-refractivity contribution in [3.63, 3.8) is 0 Å². The maximum Gasteiger partial charge on any atom is 0.455 e. The van der Waals surface area contributed by atoms with E-state index in [4.69, 9.17) is 5.73 Å². The number of alkyl halides is 5. The van der Waals surface area contributed by atoms with E-state index in [1.54, 1.807) is 6.07 Å². The van der Waals surface area contributed by atoms with E-state index < -0.39 is 18.1 Å². The molecular formula is C13H17ClF5NS. The average Bonchev–Trinajstić information content (AvgIpc) is 2.25. The maximum absolute atomic E-state index is 13.4. The second kappa shape index (κ2) is 6.71. The van der Waals surface area contributed by atoms with Crippen LogP contribution in [0.25, 0.3) is 0 Å². The van der Waals surface area contributed by atoms with E-state index in [1.807, 2.05) is 20.8 Å². The highest BCUT2D eigenvalue weighted by Crippen LogP contribution is 2.46. The zero-order valence-electron chi connectivity index (χ0n) is 11.7. The fourth-order valence-corrected chi connectivity index (χ4v) is 2.65. The molecule has 0 aliphatic carbocycles. The number of hydrogen-bond donors (Lipinski definition) is 1. The molecule has 0 spiro atoms. The Morgan fingerprint density at radius 1 is 1.00 bits per heavy atom. The Morgan fingerprint density at radius 2 is 1.48 bits per heavy atom. The average molecular weight is 350 g/mol. The standard InChI is InChI=1S/C13H16F5NS.ClH/c1-11(2,3)20-9-7-5-4-6-8(9)10(19)12(14,15)13(16,17)18;/h4-7,10H,19H2,1-3H3;1H/t10-;/m0./s1. The van der Waals surface area contributed by atoms with Crippen LogP contribution in [0.15, 0.2) is 29.2 Å². The second-order valence-electron chi connectivity index (χ2n) is 5.35. The Bertz CT molecular complexity index is 470. The minimum atomic E-state index is -5.67. The van der Waals surface area contributed by atoms with Gasteiger partial charge in [-0.25, -0.2) is 0 Å². The predicted molar refractivity (Wildman–Crippen MR) is 77.2 cm³/mol. The highest BCUT2D eigenvalue weighted by Gasteiger charge is 2.62. The van der Waals surface area contributed by atoms with Crippen molar-refractivity contribution in [2.75, 3.05) is 0 Å². The minimum absolute atomic E-state index is 0. The monoisotopic (exact) mass is 349 g/mol. The lowest BCUT2D eigenvalue weighted by molar-refractivity contribution is -0.291. The summed E-state index contributed by atoms with van der Waals surface area (Å²) >= 11 is 1.20. The topological polar surface area (TPSA) is 26.0 Å². The summed E-state index contributed by atoms with van der Waals surface area (Å²) in [5, 5.41) is 0. The van der Waals surface area contributed by atoms with Gasteiger partial charge in [-0.3, -0.25) is 0 Å². The van der Waals surface area contributed by atoms with Gasteiger partial charge in [-0.15, -0.1) is 24.2 Å². The normalized spacial score (nSPS) is 14.5. The minimum Gasteiger partial charge on any atom is -0.319 e. The van der Waals surface area contributed by atoms with Gasteiger partial charge in [-0.2, -0.15) is 22.0 Å². The van der Waals surface area contributed by atoms with Crippen LogP contribution in [0.3, 0.4) is 0 Å². The van der Waals surface area contributed by atoms with Gasteiger partial charge in [0, 0.05) is 9.64 Å². The summed E-state index contributed by atoms with van der Waals surface area (Å²) in [7, 11) is 0. The molecule has 0 unspecified atom stereocenters. The SMILES string of the molecule is CC(C)(C)Sc1ccccc1[C@H](N)C(F)(F)C(F)(F)F.Cl. The van der Waals surface area contributed by atoms with Crippen molar-refractivity contribution < 1.29 is 22.0 Å². The van der Waals surface area contributed by atoms with Crippen LogP contribution < -0.4 is 5.73 Å². The number of nitrogens with two attached hydrogens (primary N) is 1. The van der Waals surface area contributed by atoms with Crippen LogP contribution >= 0.6 is 24.2 Å². The maximum atomic E-state index is 13.4. The van der Waals surface area contributed by atoms with Gasteiger partial charge in [-0.1, -0.05) is 39.0 Å². The summed E-state index contributed by atoms with van der Waals surface area (Å²) in [5.74, 6) is -4.97. The summed E-state index contributed by atoms with van der Waals surface area (Å²) < 4.78 is 63.6. The van der Waals surface area contributed by atoms with E-state index in [0.29, 0.717) is 4.90 Å². The molecule has 1 atom stereocenters. The van der Waals surface area contributed by atoms with E-state index in [0.717, 1.165) is 0 Å². The molecule has 0 heterocycles. The van der Waals surface area contributed by atoms with Gasteiger partial charge in [0.05, 0.1) is 0 Å². The lowest BCUT2D eigenvalue weighted by Crippen LogP contribution is -2.46. The molecule has 21 heavy (non-hydrogen) atoms. The fourth-order valence-electron chi connectivity index (χ4n) is 1.53. The van der Waals surface area contributed by atoms with Gasteiger partial charge in [0.2, 0.25) is 0 Å². The first-order valence-corrected chi connectivity index (χ1v) is 6.66. The van der Waals surface area contributed by atoms with Crippen molar-refractivity contribution >= 4 is 24.2 Å². The predicted octanol–water partition coefficient (Wildman–Crippen LogP) is 5.20. The molecule has 0 saturated heterocycles. The molecule has 0 aromatic heterocycles. The van der Waals surface area contributed by atoms with Crippen molar-refractivity contribution in [2.24, 2.45) is 5.73 Å². The van der Waals surface area contributed by atoms with E-state index in [1.165, 1.54) is 30.0 Å². The Morgan fingerprint density at radius 3 is 1.90 bits per heavy atom. The third kappa shape index (κ3) is 5.00. The van der Waals surface area contributed by atoms with Crippen LogP contribution in [-0.4, -0.2) is 16.8 Å². The highest BCUT2D eigenvalue weighted by molar-refractivity contribution is 8.00. The van der Waals surface area contributed by atoms with Crippen LogP contribution in [0.5, 0.6) is 0 Å². The molecule has 0 aliphatic rings. The largest absolute Gasteiger partial charge is 0.455 e. The van der Waals surface area contributed by atoms with Crippen molar-refractivity contribution in [1.29, 1.82) is 0 Å². The van der Waals surface area contributed by atoms with Gasteiger partial charge in [0.15, 0.2) is 0 Å². The third-order valence-corrected chi connectivity index (χ3v) is 3.64. The Balaban J connectivity index is 0.00000400. The molecule has 0 radical (unpaired) electrons. The van der Waals surface area contributed by atoms with Gasteiger partial charge >= 0.3 is 12.1 Å². The summed E-state index contributed by atoms with van der Waals surface area (Å²) in [4.78, 5) is 0.330. The molecule has 2 N–H and O–H groups in total. The first-order valence-electron chi connectivity index (χ1n) is 5.84. The first kappa shape index (κ1) is 20.5. The molecule has 0 aliphatic heterocycles. The van der Waals surface area contributed by atoms with Crippen molar-refractivity contribution in [1.82, 2.24) is 0 Å². The van der Waals surface area contributed by atoms with Gasteiger partial charge in [-0.05, 0) is 11.6 Å². The molecule has 8 heteroatoms. The lowest BCUT2D eigenvalue weighted by atomic mass is 10.0. The van der Waals surface area contributed by atoms with Crippen LogP contribution in [-0.2, 0) is 0 Å². The van der Waals surface area contributed by atoms with E-state index in [9.17, 15) is 22.0 Å². The number of hydrogen-bond acceptors (Lipinski definition) is 2. The molecule has 0 amide bonds. The zero-order valence-corrected chi connectivity index (χ0v) is 13.3. The van der Waals surface area contributed by atoms with Crippen LogP contribution in [0, 0.1) is 0 Å². The van der Waals surface area contributed by atoms with E-state index in [-0.39, 0.29) is 22.7 Å². The van der Waals surface area contributed by atoms with Crippen LogP contribution in [0.2, 0.25) is 0 Å². The molecule has 1 aromatic carbocycles. The lowest BCUT2D eigenvalue weighted by Gasteiger charge is -2.28. The molecule has 1 rings (SSSR count). The Kier molecular flexibility index (Phi) is 6.54. The molecule has 122 valence electrons. The van der Waals surface area contributed by atoms with Crippen molar-refractivity contribution in [2.45, 2.75) is 48.6 Å².